The number of carbonyl (C=O) groups is 1. The molecule has 2 unspecified atom stereocenters. The molecular weight excluding hydrogens is 456 g/mol. The van der Waals surface area contributed by atoms with Crippen LogP contribution in [0.2, 0.25) is 5.02 Å². The second-order valence-electron chi connectivity index (χ2n) is 9.97. The van der Waals surface area contributed by atoms with Gasteiger partial charge in [0.2, 0.25) is 5.91 Å². The summed E-state index contributed by atoms with van der Waals surface area (Å²) in [5, 5.41) is 16.0. The number of aliphatic hydroxyl groups is 1. The maximum Gasteiger partial charge on any atom is 0.229 e. The minimum atomic E-state index is -0.464. The Morgan fingerprint density at radius 2 is 2.06 bits per heavy atom. The van der Waals surface area contributed by atoms with E-state index < -0.39 is 6.10 Å². The number of ether oxygens (including phenoxy) is 2. The second-order valence-corrected chi connectivity index (χ2v) is 10.4. The summed E-state index contributed by atoms with van der Waals surface area (Å²) < 4.78 is 10.7. The molecule has 4 atom stereocenters. The molecule has 0 spiro atoms. The van der Waals surface area contributed by atoms with Crippen molar-refractivity contribution < 1.29 is 19.4 Å². The Morgan fingerprint density at radius 1 is 1.26 bits per heavy atom. The van der Waals surface area contributed by atoms with E-state index in [-0.39, 0.29) is 23.3 Å². The van der Waals surface area contributed by atoms with Crippen molar-refractivity contribution in [2.45, 2.75) is 31.4 Å². The van der Waals surface area contributed by atoms with Crippen LogP contribution in [0.4, 0.5) is 11.5 Å². The van der Waals surface area contributed by atoms with Gasteiger partial charge in [0.25, 0.3) is 0 Å². The zero-order valence-electron chi connectivity index (χ0n) is 19.8. The lowest BCUT2D eigenvalue weighted by molar-refractivity contribution is -0.126. The van der Waals surface area contributed by atoms with E-state index in [1.54, 1.807) is 13.3 Å². The predicted octanol–water partition coefficient (Wildman–Crippen LogP) is 2.77. The number of methoxy groups -OCH3 is 1. The maximum atomic E-state index is 12.7. The van der Waals surface area contributed by atoms with Gasteiger partial charge in [0.05, 0.1) is 35.6 Å². The molecule has 3 aliphatic rings. The molecule has 1 aliphatic carbocycles. The number of hydrogen-bond donors (Lipinski definition) is 2. The highest BCUT2D eigenvalue weighted by atomic mass is 35.5. The molecule has 3 fully saturated rings. The molecule has 8 nitrogen and oxygen atoms in total. The van der Waals surface area contributed by atoms with Gasteiger partial charge in [-0.2, -0.15) is 0 Å². The summed E-state index contributed by atoms with van der Waals surface area (Å²) in [4.78, 5) is 21.7. The molecule has 2 saturated heterocycles. The summed E-state index contributed by atoms with van der Waals surface area (Å²) in [5.41, 5.74) is 0.644. The first-order chi connectivity index (χ1) is 16.4. The van der Waals surface area contributed by atoms with Crippen LogP contribution < -0.4 is 10.2 Å². The number of benzene rings is 1. The van der Waals surface area contributed by atoms with E-state index in [2.05, 4.69) is 33.1 Å². The number of aromatic nitrogens is 1. The van der Waals surface area contributed by atoms with E-state index in [1.807, 2.05) is 12.1 Å². The van der Waals surface area contributed by atoms with E-state index >= 15 is 0 Å². The molecule has 0 bridgehead atoms. The fourth-order valence-corrected chi connectivity index (χ4v) is 5.72. The third-order valence-corrected chi connectivity index (χ3v) is 8.21. The molecule has 3 heterocycles. The van der Waals surface area contributed by atoms with Crippen LogP contribution in [0.15, 0.2) is 24.4 Å². The summed E-state index contributed by atoms with van der Waals surface area (Å²) in [5.74, 6) is 0.840. The van der Waals surface area contributed by atoms with Crippen LogP contribution in [0.5, 0.6) is 0 Å². The van der Waals surface area contributed by atoms with Crippen molar-refractivity contribution in [2.75, 3.05) is 63.3 Å². The van der Waals surface area contributed by atoms with Crippen LogP contribution in [-0.2, 0) is 14.3 Å². The molecular formula is C25H33ClN4O4. The first-order valence-electron chi connectivity index (χ1n) is 12.0. The van der Waals surface area contributed by atoms with Gasteiger partial charge in [-0.05, 0) is 49.3 Å². The summed E-state index contributed by atoms with van der Waals surface area (Å²) in [7, 11) is 1.67. The lowest BCUT2D eigenvalue weighted by Gasteiger charge is -2.45. The SMILES string of the molecule is COCC1CCC1C(=O)Nc1cc2cc(N3CCN([C@]4(C)COC[C@@H]4O)CC3)c(Cl)cc2cn1. The Bertz CT molecular complexity index is 1060. The van der Waals surface area contributed by atoms with Crippen molar-refractivity contribution in [3.63, 3.8) is 0 Å². The highest BCUT2D eigenvalue weighted by Gasteiger charge is 2.44. The number of amides is 1. The maximum absolute atomic E-state index is 12.7. The quantitative estimate of drug-likeness (QED) is 0.646. The fourth-order valence-electron chi connectivity index (χ4n) is 5.42. The second kappa shape index (κ2) is 9.59. The smallest absolute Gasteiger partial charge is 0.229 e. The summed E-state index contributed by atoms with van der Waals surface area (Å²) in [6.45, 7) is 6.92. The van der Waals surface area contributed by atoms with Gasteiger partial charge in [-0.15, -0.1) is 0 Å². The first kappa shape index (κ1) is 23.8. The lowest BCUT2D eigenvalue weighted by Crippen LogP contribution is -2.60. The number of rotatable bonds is 6. The molecule has 2 aromatic rings. The fraction of sp³-hybridized carbons (Fsp3) is 0.600. The zero-order valence-corrected chi connectivity index (χ0v) is 20.6. The van der Waals surface area contributed by atoms with Crippen LogP contribution in [-0.4, -0.2) is 85.6 Å². The summed E-state index contributed by atoms with van der Waals surface area (Å²) >= 11 is 6.66. The molecule has 184 valence electrons. The number of aliphatic hydroxyl groups excluding tert-OH is 1. The molecule has 5 rings (SSSR count). The largest absolute Gasteiger partial charge is 0.389 e. The number of nitrogens with one attached hydrogen (secondary N) is 1. The molecule has 1 aromatic carbocycles. The number of nitrogens with zero attached hydrogens (tertiary/aromatic N) is 3. The molecule has 9 heteroatoms. The van der Waals surface area contributed by atoms with Crippen LogP contribution >= 0.6 is 11.6 Å². The third-order valence-electron chi connectivity index (χ3n) is 7.90. The number of anilines is 2. The number of carbonyl (C=O) groups excluding carboxylic acids is 1. The number of hydrogen-bond acceptors (Lipinski definition) is 7. The van der Waals surface area contributed by atoms with Crippen LogP contribution in [0.1, 0.15) is 19.8 Å². The van der Waals surface area contributed by atoms with Crippen molar-refractivity contribution >= 4 is 39.8 Å². The van der Waals surface area contributed by atoms with Gasteiger partial charge < -0.3 is 24.8 Å². The van der Waals surface area contributed by atoms with Gasteiger partial charge in [0.15, 0.2) is 0 Å². The molecule has 0 radical (unpaired) electrons. The highest BCUT2D eigenvalue weighted by molar-refractivity contribution is 6.34. The van der Waals surface area contributed by atoms with Crippen LogP contribution in [0, 0.1) is 11.8 Å². The van der Waals surface area contributed by atoms with Crippen LogP contribution in [0.3, 0.4) is 0 Å². The van der Waals surface area contributed by atoms with Gasteiger partial charge >= 0.3 is 0 Å². The Morgan fingerprint density at radius 3 is 2.71 bits per heavy atom. The minimum absolute atomic E-state index is 0.0111. The zero-order chi connectivity index (χ0) is 23.9. The van der Waals surface area contributed by atoms with Crippen molar-refractivity contribution in [2.24, 2.45) is 11.8 Å². The number of pyridine rings is 1. The topological polar surface area (TPSA) is 87.2 Å². The molecule has 1 saturated carbocycles. The average molecular weight is 489 g/mol. The molecule has 34 heavy (non-hydrogen) atoms. The summed E-state index contributed by atoms with van der Waals surface area (Å²) in [6, 6.07) is 5.94. The Hall–Kier alpha value is -1.97. The van der Waals surface area contributed by atoms with Crippen molar-refractivity contribution in [3.05, 3.63) is 29.4 Å². The van der Waals surface area contributed by atoms with Crippen molar-refractivity contribution in [3.8, 4) is 0 Å². The summed E-state index contributed by atoms with van der Waals surface area (Å²) in [6.07, 6.45) is 3.21. The average Bonchev–Trinajstić information content (AvgIpc) is 3.15. The normalized spacial score (nSPS) is 29.9. The van der Waals surface area contributed by atoms with Gasteiger partial charge in [-0.1, -0.05) is 11.6 Å². The van der Waals surface area contributed by atoms with Crippen molar-refractivity contribution in [1.82, 2.24) is 9.88 Å². The Balaban J connectivity index is 1.29. The standard InChI is InChI=1S/C25H33ClN4O4/c1-25(15-34-14-22(25)31)30-7-5-29(6-8-30)21-10-17-11-23(27-12-18(17)9-20(21)26)28-24(32)19-4-3-16(19)13-33-2/h9-12,16,19,22,31H,3-8,13-15H2,1-2H3,(H,27,28,32)/t16?,19?,22-,25+/m0/s1. The van der Waals surface area contributed by atoms with Gasteiger partial charge in [0, 0.05) is 57.4 Å². The monoisotopic (exact) mass is 488 g/mol. The van der Waals surface area contributed by atoms with Crippen LogP contribution in [0.25, 0.3) is 10.8 Å². The number of piperazine rings is 1. The molecule has 1 amide bonds. The van der Waals surface area contributed by atoms with Gasteiger partial charge in [0.1, 0.15) is 5.82 Å². The van der Waals surface area contributed by atoms with Gasteiger partial charge in [-0.3, -0.25) is 9.69 Å². The Kier molecular flexibility index (Phi) is 6.70. The number of halogens is 1. The highest BCUT2D eigenvalue weighted by Crippen LogP contribution is 2.36. The Labute approximate surface area is 205 Å². The molecule has 2 aliphatic heterocycles. The van der Waals surface area contributed by atoms with Crippen molar-refractivity contribution in [1.29, 1.82) is 0 Å². The van der Waals surface area contributed by atoms with Gasteiger partial charge in [-0.25, -0.2) is 4.98 Å². The van der Waals surface area contributed by atoms with E-state index in [9.17, 15) is 9.90 Å². The molecule has 1 aromatic heterocycles. The third kappa shape index (κ3) is 4.38. The predicted molar refractivity (Wildman–Crippen MR) is 132 cm³/mol. The van der Waals surface area contributed by atoms with E-state index in [0.717, 1.165) is 55.5 Å². The first-order valence-corrected chi connectivity index (χ1v) is 12.4. The number of fused-ring (bicyclic) bond motifs is 1. The lowest BCUT2D eigenvalue weighted by atomic mass is 9.73. The minimum Gasteiger partial charge on any atom is -0.389 e. The van der Waals surface area contributed by atoms with E-state index in [0.29, 0.717) is 30.7 Å². The van der Waals surface area contributed by atoms with E-state index in [4.69, 9.17) is 21.1 Å². The molecule has 2 N–H and O–H groups in total. The van der Waals surface area contributed by atoms with E-state index in [1.165, 1.54) is 0 Å².